The number of amides is 3. The highest BCUT2D eigenvalue weighted by molar-refractivity contribution is 7.18. The van der Waals surface area contributed by atoms with Crippen molar-refractivity contribution in [3.8, 4) is 0 Å². The van der Waals surface area contributed by atoms with Crippen molar-refractivity contribution in [1.82, 2.24) is 15.2 Å². The third-order valence-electron chi connectivity index (χ3n) is 3.74. The number of nitrogens with two attached hydrogens (primary N) is 1. The van der Waals surface area contributed by atoms with Crippen molar-refractivity contribution in [2.24, 2.45) is 5.73 Å². The summed E-state index contributed by atoms with van der Waals surface area (Å²) in [5, 5.41) is 3.27. The van der Waals surface area contributed by atoms with Crippen LogP contribution in [0.1, 0.15) is 18.0 Å². The number of benzene rings is 1. The molecule has 0 bridgehead atoms. The molecular formula is C15H18N4O3S. The van der Waals surface area contributed by atoms with Crippen LogP contribution in [0, 0.1) is 0 Å². The number of primary amides is 1. The quantitative estimate of drug-likeness (QED) is 0.883. The lowest BCUT2D eigenvalue weighted by atomic mass is 10.2. The number of nitrogens with zero attached hydrogens (tertiary/aromatic N) is 2. The lowest BCUT2D eigenvalue weighted by Gasteiger charge is -2.36. The molecule has 0 radical (unpaired) electrons. The molecule has 2 heterocycles. The van der Waals surface area contributed by atoms with Crippen LogP contribution in [0.5, 0.6) is 0 Å². The minimum atomic E-state index is -0.712. The first-order valence-corrected chi connectivity index (χ1v) is 8.17. The van der Waals surface area contributed by atoms with Gasteiger partial charge in [-0.1, -0.05) is 12.1 Å². The van der Waals surface area contributed by atoms with Gasteiger partial charge in [0.05, 0.1) is 23.4 Å². The first-order valence-electron chi connectivity index (χ1n) is 7.36. The number of carbonyl (C=O) groups excluding carboxylic acids is 2. The van der Waals surface area contributed by atoms with Gasteiger partial charge < -0.3 is 20.7 Å². The number of ether oxygens (including phenoxy) is 1. The van der Waals surface area contributed by atoms with Crippen LogP contribution in [0.15, 0.2) is 24.3 Å². The zero-order valence-corrected chi connectivity index (χ0v) is 13.5. The number of carbonyl (C=O) groups is 2. The van der Waals surface area contributed by atoms with Gasteiger partial charge in [0.2, 0.25) is 5.91 Å². The fraction of sp³-hybridized carbons (Fsp3) is 0.400. The molecule has 0 spiro atoms. The molecule has 1 aliphatic heterocycles. The highest BCUT2D eigenvalue weighted by atomic mass is 32.1. The number of para-hydroxylation sites is 1. The minimum absolute atomic E-state index is 0.184. The van der Waals surface area contributed by atoms with Gasteiger partial charge in [0.25, 0.3) is 0 Å². The Labute approximate surface area is 137 Å². The van der Waals surface area contributed by atoms with Crippen LogP contribution in [-0.2, 0) is 9.53 Å². The van der Waals surface area contributed by atoms with Gasteiger partial charge in [-0.25, -0.2) is 9.78 Å². The number of fused-ring (bicyclic) bond motifs is 1. The van der Waals surface area contributed by atoms with E-state index < -0.39 is 12.1 Å². The van der Waals surface area contributed by atoms with Crippen LogP contribution in [-0.4, -0.2) is 47.6 Å². The number of rotatable bonds is 3. The summed E-state index contributed by atoms with van der Waals surface area (Å²) in [6.07, 6.45) is 0. The fourth-order valence-electron chi connectivity index (χ4n) is 2.63. The summed E-state index contributed by atoms with van der Waals surface area (Å²) in [4.78, 5) is 29.9. The molecule has 2 atom stereocenters. The molecule has 2 aromatic rings. The van der Waals surface area contributed by atoms with Crippen LogP contribution >= 0.6 is 11.3 Å². The second-order valence-electron chi connectivity index (χ2n) is 5.37. The molecule has 1 unspecified atom stereocenters. The van der Waals surface area contributed by atoms with Gasteiger partial charge in [0.15, 0.2) is 0 Å². The number of morpholine rings is 1. The second kappa shape index (κ2) is 6.51. The van der Waals surface area contributed by atoms with Gasteiger partial charge in [0, 0.05) is 6.54 Å². The Hall–Kier alpha value is -2.19. The van der Waals surface area contributed by atoms with E-state index in [1.54, 1.807) is 23.2 Å². The molecule has 3 amide bonds. The van der Waals surface area contributed by atoms with E-state index in [1.165, 1.54) is 0 Å². The van der Waals surface area contributed by atoms with Gasteiger partial charge in [-0.3, -0.25) is 4.79 Å². The first kappa shape index (κ1) is 15.7. The molecule has 0 saturated carbocycles. The third kappa shape index (κ3) is 3.27. The summed E-state index contributed by atoms with van der Waals surface area (Å²) in [6, 6.07) is 6.21. The summed E-state index contributed by atoms with van der Waals surface area (Å²) in [6.45, 7) is 2.95. The maximum Gasteiger partial charge on any atom is 0.312 e. The summed E-state index contributed by atoms with van der Waals surface area (Å²) in [5.41, 5.74) is 6.01. The predicted molar refractivity (Wildman–Crippen MR) is 87.1 cm³/mol. The molecular weight excluding hydrogens is 316 g/mol. The number of thiazole rings is 1. The monoisotopic (exact) mass is 334 g/mol. The molecule has 8 heteroatoms. The van der Waals surface area contributed by atoms with Crippen molar-refractivity contribution in [2.75, 3.05) is 19.8 Å². The molecule has 1 aromatic heterocycles. The Morgan fingerprint density at radius 2 is 2.26 bits per heavy atom. The molecule has 1 saturated heterocycles. The zero-order chi connectivity index (χ0) is 16.4. The standard InChI is InChI=1S/C15H18N4O3S/c1-9(17-15(16)21)14(20)19-6-7-22-8-11(19)13-18-10-4-2-3-5-12(10)23-13/h2-5,9,11H,6-8H2,1H3,(H3,16,17,21)/t9-,11?/m0/s1. The highest BCUT2D eigenvalue weighted by Crippen LogP contribution is 2.31. The largest absolute Gasteiger partial charge is 0.377 e. The topological polar surface area (TPSA) is 97.5 Å². The fourth-order valence-corrected chi connectivity index (χ4v) is 3.69. The van der Waals surface area contributed by atoms with E-state index in [0.29, 0.717) is 19.8 Å². The van der Waals surface area contributed by atoms with E-state index in [2.05, 4.69) is 10.3 Å². The normalized spacial score (nSPS) is 19.5. The van der Waals surface area contributed by atoms with E-state index in [-0.39, 0.29) is 11.9 Å². The SMILES string of the molecule is C[C@H](NC(N)=O)C(=O)N1CCOCC1c1nc2ccccc2s1. The molecule has 3 N–H and O–H groups in total. The molecule has 7 nitrogen and oxygen atoms in total. The van der Waals surface area contributed by atoms with Crippen molar-refractivity contribution < 1.29 is 14.3 Å². The molecule has 1 fully saturated rings. The van der Waals surface area contributed by atoms with Gasteiger partial charge >= 0.3 is 6.03 Å². The van der Waals surface area contributed by atoms with Gasteiger partial charge in [0.1, 0.15) is 17.1 Å². The lowest BCUT2D eigenvalue weighted by Crippen LogP contribution is -2.52. The average molecular weight is 334 g/mol. The smallest absolute Gasteiger partial charge is 0.312 e. The van der Waals surface area contributed by atoms with Crippen LogP contribution in [0.4, 0.5) is 4.79 Å². The van der Waals surface area contributed by atoms with Crippen LogP contribution < -0.4 is 11.1 Å². The van der Waals surface area contributed by atoms with Crippen molar-refractivity contribution in [2.45, 2.75) is 19.0 Å². The predicted octanol–water partition coefficient (Wildman–Crippen LogP) is 1.25. The summed E-state index contributed by atoms with van der Waals surface area (Å²) < 4.78 is 6.61. The molecule has 3 rings (SSSR count). The van der Waals surface area contributed by atoms with E-state index in [1.807, 2.05) is 24.3 Å². The molecule has 1 aliphatic rings. The lowest BCUT2D eigenvalue weighted by molar-refractivity contribution is -0.141. The zero-order valence-electron chi connectivity index (χ0n) is 12.7. The number of nitrogens with one attached hydrogen (secondary N) is 1. The molecule has 0 aliphatic carbocycles. The number of hydrogen-bond acceptors (Lipinski definition) is 5. The van der Waals surface area contributed by atoms with E-state index in [0.717, 1.165) is 15.2 Å². The molecule has 23 heavy (non-hydrogen) atoms. The Morgan fingerprint density at radius 1 is 1.48 bits per heavy atom. The summed E-state index contributed by atoms with van der Waals surface area (Å²) >= 11 is 1.55. The maximum absolute atomic E-state index is 12.6. The van der Waals surface area contributed by atoms with Gasteiger partial charge in [-0.2, -0.15) is 0 Å². The van der Waals surface area contributed by atoms with Crippen LogP contribution in [0.3, 0.4) is 0 Å². The molecule has 1 aromatic carbocycles. The van der Waals surface area contributed by atoms with Crippen LogP contribution in [0.2, 0.25) is 0 Å². The van der Waals surface area contributed by atoms with Gasteiger partial charge in [-0.05, 0) is 19.1 Å². The van der Waals surface area contributed by atoms with E-state index in [9.17, 15) is 9.59 Å². The number of aromatic nitrogens is 1. The second-order valence-corrected chi connectivity index (χ2v) is 6.43. The first-order chi connectivity index (χ1) is 11.1. The Morgan fingerprint density at radius 3 is 3.00 bits per heavy atom. The molecule has 122 valence electrons. The Bertz CT molecular complexity index is 699. The van der Waals surface area contributed by atoms with Crippen molar-refractivity contribution in [3.63, 3.8) is 0 Å². The number of urea groups is 1. The Balaban J connectivity index is 1.86. The Kier molecular flexibility index (Phi) is 4.44. The van der Waals surface area contributed by atoms with Crippen molar-refractivity contribution in [3.05, 3.63) is 29.3 Å². The average Bonchev–Trinajstić information content (AvgIpc) is 2.97. The third-order valence-corrected chi connectivity index (χ3v) is 4.87. The minimum Gasteiger partial charge on any atom is -0.377 e. The number of hydrogen-bond donors (Lipinski definition) is 2. The van der Waals surface area contributed by atoms with Crippen molar-refractivity contribution >= 4 is 33.5 Å². The van der Waals surface area contributed by atoms with E-state index in [4.69, 9.17) is 10.5 Å². The van der Waals surface area contributed by atoms with Crippen LogP contribution in [0.25, 0.3) is 10.2 Å². The summed E-state index contributed by atoms with van der Waals surface area (Å²) in [7, 11) is 0. The van der Waals surface area contributed by atoms with Crippen molar-refractivity contribution in [1.29, 1.82) is 0 Å². The van der Waals surface area contributed by atoms with E-state index >= 15 is 0 Å². The highest BCUT2D eigenvalue weighted by Gasteiger charge is 2.33. The summed E-state index contributed by atoms with van der Waals surface area (Å²) in [5.74, 6) is -0.184. The maximum atomic E-state index is 12.6. The van der Waals surface area contributed by atoms with Gasteiger partial charge in [-0.15, -0.1) is 11.3 Å².